The lowest BCUT2D eigenvalue weighted by molar-refractivity contribution is -0.146. The van der Waals surface area contributed by atoms with Crippen molar-refractivity contribution in [1.82, 2.24) is 14.5 Å². The van der Waals surface area contributed by atoms with E-state index < -0.39 is 35.1 Å². The average Bonchev–Trinajstić information content (AvgIpc) is 3.03. The van der Waals surface area contributed by atoms with Crippen molar-refractivity contribution < 1.29 is 22.7 Å². The first kappa shape index (κ1) is 20.2. The van der Waals surface area contributed by atoms with Crippen LogP contribution in [0.5, 0.6) is 0 Å². The van der Waals surface area contributed by atoms with Gasteiger partial charge in [0, 0.05) is 13.2 Å². The summed E-state index contributed by atoms with van der Waals surface area (Å²) in [4.78, 5) is 23.3. The van der Waals surface area contributed by atoms with E-state index in [1.807, 2.05) is 0 Å². The molecule has 2 aromatic rings. The van der Waals surface area contributed by atoms with Crippen molar-refractivity contribution in [3.05, 3.63) is 40.6 Å². The number of anilines is 1. The van der Waals surface area contributed by atoms with Gasteiger partial charge in [0.1, 0.15) is 11.4 Å². The van der Waals surface area contributed by atoms with Gasteiger partial charge in [-0.15, -0.1) is 0 Å². The molecule has 140 valence electrons. The molecule has 2 rings (SSSR count). The second kappa shape index (κ2) is 8.49. The number of nitrogens with one attached hydrogen (secondary N) is 2. The fourth-order valence-electron chi connectivity index (χ4n) is 1.76. The molecule has 0 unspecified atom stereocenters. The van der Waals surface area contributed by atoms with Gasteiger partial charge in [-0.2, -0.15) is 9.82 Å². The number of hydrogen-bond donors (Lipinski definition) is 2. The van der Waals surface area contributed by atoms with Gasteiger partial charge in [-0.25, -0.2) is 8.42 Å². The van der Waals surface area contributed by atoms with Crippen LogP contribution in [0, 0.1) is 0 Å². The maximum Gasteiger partial charge on any atom is 0.321 e. The number of ether oxygens (including phenoxy) is 1. The van der Waals surface area contributed by atoms with Gasteiger partial charge in [-0.05, 0) is 12.1 Å². The molecule has 26 heavy (non-hydrogen) atoms. The molecule has 1 aromatic carbocycles. The molecule has 0 bridgehead atoms. The largest absolute Gasteiger partial charge is 0.455 e. The van der Waals surface area contributed by atoms with Crippen LogP contribution in [0.15, 0.2) is 35.5 Å². The third-order valence-corrected chi connectivity index (χ3v) is 5.16. The first-order valence-corrected chi connectivity index (χ1v) is 9.31. The van der Waals surface area contributed by atoms with Crippen molar-refractivity contribution in [2.45, 2.75) is 4.90 Å². The standard InChI is InChI=1S/C14H14Cl2N4O5S/c1-20-7-9(5-17-20)26(23,24)18-6-13(22)25-8-12(21)19-11-4-2-3-10(15)14(11)16/h2-5,7,18H,6,8H2,1H3,(H,19,21). The zero-order chi connectivity index (χ0) is 19.3. The van der Waals surface area contributed by atoms with Crippen LogP contribution in [0.25, 0.3) is 0 Å². The van der Waals surface area contributed by atoms with Crippen molar-refractivity contribution in [2.24, 2.45) is 7.05 Å². The second-order valence-electron chi connectivity index (χ2n) is 4.98. The normalized spacial score (nSPS) is 11.2. The number of esters is 1. The Labute approximate surface area is 159 Å². The monoisotopic (exact) mass is 420 g/mol. The van der Waals surface area contributed by atoms with Gasteiger partial charge < -0.3 is 10.1 Å². The summed E-state index contributed by atoms with van der Waals surface area (Å²) in [5.41, 5.74) is 0.262. The van der Waals surface area contributed by atoms with Gasteiger partial charge in [-0.1, -0.05) is 29.3 Å². The Bertz CT molecular complexity index is 929. The number of rotatable bonds is 7. The number of carbonyl (C=O) groups excluding carboxylic acids is 2. The van der Waals surface area contributed by atoms with Crippen molar-refractivity contribution in [1.29, 1.82) is 0 Å². The highest BCUT2D eigenvalue weighted by atomic mass is 35.5. The van der Waals surface area contributed by atoms with Crippen LogP contribution in [-0.4, -0.2) is 43.2 Å². The number of nitrogens with zero attached hydrogens (tertiary/aromatic N) is 2. The molecular weight excluding hydrogens is 407 g/mol. The molecule has 0 spiro atoms. The van der Waals surface area contributed by atoms with E-state index in [2.05, 4.69) is 15.1 Å². The molecule has 0 saturated carbocycles. The summed E-state index contributed by atoms with van der Waals surface area (Å²) < 4.78 is 31.9. The number of aromatic nitrogens is 2. The van der Waals surface area contributed by atoms with Gasteiger partial charge in [-0.3, -0.25) is 14.3 Å². The lowest BCUT2D eigenvalue weighted by atomic mass is 10.3. The predicted octanol–water partition coefficient (Wildman–Crippen LogP) is 1.19. The summed E-state index contributed by atoms with van der Waals surface area (Å²) >= 11 is 11.7. The molecule has 0 radical (unpaired) electrons. The molecular formula is C14H14Cl2N4O5S. The fraction of sp³-hybridized carbons (Fsp3) is 0.214. The molecule has 1 heterocycles. The maximum atomic E-state index is 11.9. The molecule has 1 amide bonds. The topological polar surface area (TPSA) is 119 Å². The summed E-state index contributed by atoms with van der Waals surface area (Å²) in [6.45, 7) is -1.25. The Morgan fingerprint density at radius 3 is 2.69 bits per heavy atom. The minimum Gasteiger partial charge on any atom is -0.455 e. The quantitative estimate of drug-likeness (QED) is 0.649. The van der Waals surface area contributed by atoms with Crippen LogP contribution < -0.4 is 10.0 Å². The molecule has 0 aliphatic heterocycles. The van der Waals surface area contributed by atoms with Crippen molar-refractivity contribution in [2.75, 3.05) is 18.5 Å². The number of carbonyl (C=O) groups is 2. The third kappa shape index (κ3) is 5.43. The molecule has 0 saturated heterocycles. The lowest BCUT2D eigenvalue weighted by Gasteiger charge is -2.09. The third-order valence-electron chi connectivity index (χ3n) is 2.99. The van der Waals surface area contributed by atoms with E-state index in [-0.39, 0.29) is 20.6 Å². The molecule has 0 fully saturated rings. The van der Waals surface area contributed by atoms with Crippen molar-refractivity contribution in [3.8, 4) is 0 Å². The summed E-state index contributed by atoms with van der Waals surface area (Å²) in [6, 6.07) is 4.66. The van der Waals surface area contributed by atoms with Gasteiger partial charge in [0.2, 0.25) is 10.0 Å². The van der Waals surface area contributed by atoms with Crippen molar-refractivity contribution >= 4 is 50.8 Å². The molecule has 0 atom stereocenters. The number of aryl methyl sites for hydroxylation is 1. The van der Waals surface area contributed by atoms with E-state index in [0.717, 1.165) is 6.20 Å². The predicted molar refractivity (Wildman–Crippen MR) is 94.4 cm³/mol. The van der Waals surface area contributed by atoms with E-state index in [1.165, 1.54) is 16.9 Å². The highest BCUT2D eigenvalue weighted by molar-refractivity contribution is 7.89. The molecule has 12 heteroatoms. The van der Waals surface area contributed by atoms with E-state index in [9.17, 15) is 18.0 Å². The first-order valence-electron chi connectivity index (χ1n) is 7.07. The van der Waals surface area contributed by atoms with Crippen LogP contribution in [0.4, 0.5) is 5.69 Å². The summed E-state index contributed by atoms with van der Waals surface area (Å²) in [5, 5.41) is 6.56. The Morgan fingerprint density at radius 2 is 2.04 bits per heavy atom. The highest BCUT2D eigenvalue weighted by Crippen LogP contribution is 2.29. The maximum absolute atomic E-state index is 11.9. The van der Waals surface area contributed by atoms with Crippen LogP contribution in [0.1, 0.15) is 0 Å². The van der Waals surface area contributed by atoms with Crippen LogP contribution in [0.2, 0.25) is 10.0 Å². The van der Waals surface area contributed by atoms with Gasteiger partial charge >= 0.3 is 5.97 Å². The van der Waals surface area contributed by atoms with E-state index >= 15 is 0 Å². The lowest BCUT2D eigenvalue weighted by Crippen LogP contribution is -2.32. The number of hydrogen-bond acceptors (Lipinski definition) is 6. The number of sulfonamides is 1. The minimum atomic E-state index is -3.90. The summed E-state index contributed by atoms with van der Waals surface area (Å²) in [7, 11) is -2.35. The average molecular weight is 421 g/mol. The number of amides is 1. The van der Waals surface area contributed by atoms with Gasteiger partial charge in [0.25, 0.3) is 5.91 Å². The Morgan fingerprint density at radius 1 is 1.31 bits per heavy atom. The highest BCUT2D eigenvalue weighted by Gasteiger charge is 2.18. The molecule has 0 aliphatic rings. The minimum absolute atomic E-state index is 0.0962. The Kier molecular flexibility index (Phi) is 6.59. The zero-order valence-electron chi connectivity index (χ0n) is 13.4. The fourth-order valence-corrected chi connectivity index (χ4v) is 3.06. The number of benzene rings is 1. The zero-order valence-corrected chi connectivity index (χ0v) is 15.7. The van der Waals surface area contributed by atoms with E-state index in [0.29, 0.717) is 0 Å². The van der Waals surface area contributed by atoms with Crippen LogP contribution in [0.3, 0.4) is 0 Å². The van der Waals surface area contributed by atoms with Crippen LogP contribution >= 0.6 is 23.2 Å². The van der Waals surface area contributed by atoms with Crippen molar-refractivity contribution in [3.63, 3.8) is 0 Å². The Balaban J connectivity index is 1.81. The van der Waals surface area contributed by atoms with Crippen LogP contribution in [-0.2, 0) is 31.4 Å². The van der Waals surface area contributed by atoms with Gasteiger partial charge in [0.05, 0.1) is 21.9 Å². The smallest absolute Gasteiger partial charge is 0.321 e. The number of halogens is 2. The summed E-state index contributed by atoms with van der Waals surface area (Å²) in [6.07, 6.45) is 2.41. The Hall–Kier alpha value is -2.14. The van der Waals surface area contributed by atoms with E-state index in [1.54, 1.807) is 19.2 Å². The molecule has 1 aromatic heterocycles. The summed E-state index contributed by atoms with van der Waals surface area (Å²) in [5.74, 6) is -1.58. The molecule has 0 aliphatic carbocycles. The molecule has 9 nitrogen and oxygen atoms in total. The second-order valence-corrected chi connectivity index (χ2v) is 7.54. The van der Waals surface area contributed by atoms with Gasteiger partial charge in [0.15, 0.2) is 6.61 Å². The molecule has 2 N–H and O–H groups in total. The van der Waals surface area contributed by atoms with E-state index in [4.69, 9.17) is 27.9 Å². The first-order chi connectivity index (χ1) is 12.2. The SMILES string of the molecule is Cn1cc(S(=O)(=O)NCC(=O)OCC(=O)Nc2cccc(Cl)c2Cl)cn1.